The molecule has 3 rings (SSSR count). The van der Waals surface area contributed by atoms with Crippen molar-refractivity contribution >= 4 is 29.1 Å². The Morgan fingerprint density at radius 3 is 2.64 bits per heavy atom. The van der Waals surface area contributed by atoms with E-state index in [1.165, 1.54) is 22.0 Å². The summed E-state index contributed by atoms with van der Waals surface area (Å²) in [5, 5.41) is 2.50. The first-order chi connectivity index (χ1) is 12.3. The predicted octanol–water partition coefficient (Wildman–Crippen LogP) is 4.28. The monoisotopic (exact) mass is 336 g/mol. The molecule has 4 nitrogen and oxygen atoms in total. The van der Waals surface area contributed by atoms with Gasteiger partial charge in [-0.15, -0.1) is 0 Å². The molecule has 25 heavy (non-hydrogen) atoms. The molecule has 0 saturated heterocycles. The molecule has 0 radical (unpaired) electrons. The number of rotatable bonds is 9. The highest BCUT2D eigenvalue weighted by atomic mass is 16.1. The SMILES string of the molecule is CN[N+]1(CCCCCCC=O)C=NC=C1c1ccc2ccccc2c1. The Morgan fingerprint density at radius 2 is 1.84 bits per heavy atom. The summed E-state index contributed by atoms with van der Waals surface area (Å²) < 4.78 is 0.575. The van der Waals surface area contributed by atoms with Crippen molar-refractivity contribution in [2.24, 2.45) is 4.99 Å². The van der Waals surface area contributed by atoms with E-state index >= 15 is 0 Å². The van der Waals surface area contributed by atoms with Crippen molar-refractivity contribution in [1.29, 1.82) is 0 Å². The number of aliphatic imine (C=N–C) groups is 1. The van der Waals surface area contributed by atoms with Crippen molar-refractivity contribution in [3.8, 4) is 0 Å². The first-order valence-electron chi connectivity index (χ1n) is 9.04. The highest BCUT2D eigenvalue weighted by molar-refractivity contribution is 5.86. The van der Waals surface area contributed by atoms with E-state index in [1.54, 1.807) is 0 Å². The van der Waals surface area contributed by atoms with Crippen LogP contribution >= 0.6 is 0 Å². The van der Waals surface area contributed by atoms with E-state index in [-0.39, 0.29) is 0 Å². The number of benzene rings is 2. The van der Waals surface area contributed by atoms with Crippen molar-refractivity contribution in [3.63, 3.8) is 0 Å². The van der Waals surface area contributed by atoms with Crippen LogP contribution in [0.25, 0.3) is 16.5 Å². The molecule has 130 valence electrons. The number of fused-ring (bicyclic) bond motifs is 1. The van der Waals surface area contributed by atoms with Gasteiger partial charge in [0.15, 0.2) is 5.70 Å². The van der Waals surface area contributed by atoms with Crippen LogP contribution < -0.4 is 5.43 Å². The van der Waals surface area contributed by atoms with Gasteiger partial charge in [-0.2, -0.15) is 10.0 Å². The molecular weight excluding hydrogens is 310 g/mol. The van der Waals surface area contributed by atoms with Gasteiger partial charge >= 0.3 is 0 Å². The lowest BCUT2D eigenvalue weighted by atomic mass is 10.0. The molecule has 0 saturated carbocycles. The summed E-state index contributed by atoms with van der Waals surface area (Å²) in [6, 6.07) is 15.0. The topological polar surface area (TPSA) is 41.5 Å². The Hall–Kier alpha value is -2.30. The minimum absolute atomic E-state index is 0.575. The van der Waals surface area contributed by atoms with Crippen LogP contribution in [0.2, 0.25) is 0 Å². The minimum Gasteiger partial charge on any atom is -0.303 e. The van der Waals surface area contributed by atoms with Gasteiger partial charge in [-0.05, 0) is 42.2 Å². The average Bonchev–Trinajstić information content (AvgIpc) is 3.08. The molecule has 0 aliphatic carbocycles. The van der Waals surface area contributed by atoms with Gasteiger partial charge in [0.25, 0.3) is 0 Å². The molecule has 0 fully saturated rings. The zero-order valence-electron chi connectivity index (χ0n) is 14.8. The van der Waals surface area contributed by atoms with Gasteiger partial charge in [0.1, 0.15) is 12.8 Å². The normalized spacial score (nSPS) is 19.3. The number of nitrogens with one attached hydrogen (secondary N) is 1. The third kappa shape index (κ3) is 3.86. The van der Waals surface area contributed by atoms with E-state index in [2.05, 4.69) is 52.9 Å². The van der Waals surface area contributed by atoms with Gasteiger partial charge in [0.2, 0.25) is 6.34 Å². The second-order valence-electron chi connectivity index (χ2n) is 6.53. The van der Waals surface area contributed by atoms with E-state index in [0.29, 0.717) is 11.0 Å². The number of carbonyl (C=O) groups is 1. The maximum Gasteiger partial charge on any atom is 0.214 e. The molecule has 1 heterocycles. The molecule has 1 aliphatic rings. The summed E-state index contributed by atoms with van der Waals surface area (Å²) in [6.45, 7) is 0.958. The molecule has 0 bridgehead atoms. The van der Waals surface area contributed by atoms with Crippen LogP contribution in [0.5, 0.6) is 0 Å². The number of unbranched alkanes of at least 4 members (excludes halogenated alkanes) is 4. The number of quaternary nitrogens is 1. The summed E-state index contributed by atoms with van der Waals surface area (Å²) in [6.07, 6.45) is 9.96. The van der Waals surface area contributed by atoms with Crippen LogP contribution in [0.15, 0.2) is 53.7 Å². The first-order valence-corrected chi connectivity index (χ1v) is 9.04. The Balaban J connectivity index is 1.73. The van der Waals surface area contributed by atoms with Gasteiger partial charge in [0.05, 0.1) is 6.20 Å². The highest BCUT2D eigenvalue weighted by Gasteiger charge is 2.34. The maximum absolute atomic E-state index is 10.4. The third-order valence-corrected chi connectivity index (χ3v) is 4.92. The van der Waals surface area contributed by atoms with Crippen molar-refractivity contribution < 1.29 is 9.39 Å². The predicted molar refractivity (Wildman–Crippen MR) is 104 cm³/mol. The van der Waals surface area contributed by atoms with Crippen LogP contribution in [-0.2, 0) is 4.79 Å². The Kier molecular flexibility index (Phi) is 5.74. The zero-order chi connectivity index (χ0) is 17.5. The summed E-state index contributed by atoms with van der Waals surface area (Å²) in [5.41, 5.74) is 5.82. The third-order valence-electron chi connectivity index (χ3n) is 4.92. The van der Waals surface area contributed by atoms with E-state index in [0.717, 1.165) is 38.5 Å². The molecule has 1 aliphatic heterocycles. The fourth-order valence-corrected chi connectivity index (χ4v) is 3.45. The maximum atomic E-state index is 10.4. The van der Waals surface area contributed by atoms with E-state index < -0.39 is 0 Å². The molecular formula is C21H26N3O+. The summed E-state index contributed by atoms with van der Waals surface area (Å²) in [4.78, 5) is 14.8. The van der Waals surface area contributed by atoms with Crippen LogP contribution in [0.3, 0.4) is 0 Å². The van der Waals surface area contributed by atoms with Gasteiger partial charge in [-0.3, -0.25) is 0 Å². The molecule has 1 N–H and O–H groups in total. The number of aldehydes is 1. The second kappa shape index (κ2) is 8.19. The smallest absolute Gasteiger partial charge is 0.214 e. The Bertz CT molecular complexity index is 797. The summed E-state index contributed by atoms with van der Waals surface area (Å²) in [5.74, 6) is 0. The molecule has 1 unspecified atom stereocenters. The van der Waals surface area contributed by atoms with Crippen LogP contribution in [0, 0.1) is 0 Å². The zero-order valence-corrected chi connectivity index (χ0v) is 14.8. The number of hydrogen-bond donors (Lipinski definition) is 1. The number of nitrogens with zero attached hydrogens (tertiary/aromatic N) is 2. The molecule has 2 aromatic rings. The molecule has 0 amide bonds. The molecule has 4 heteroatoms. The van der Waals surface area contributed by atoms with Crippen molar-refractivity contribution in [2.45, 2.75) is 32.1 Å². The molecule has 1 atom stereocenters. The van der Waals surface area contributed by atoms with E-state index in [4.69, 9.17) is 0 Å². The molecule has 0 aromatic heterocycles. The quantitative estimate of drug-likeness (QED) is 0.422. The Morgan fingerprint density at radius 1 is 1.04 bits per heavy atom. The lowest BCUT2D eigenvalue weighted by molar-refractivity contribution is -0.805. The highest BCUT2D eigenvalue weighted by Crippen LogP contribution is 2.30. The van der Waals surface area contributed by atoms with Gasteiger partial charge in [-0.1, -0.05) is 36.8 Å². The van der Waals surface area contributed by atoms with Gasteiger partial charge in [-0.25, -0.2) is 4.99 Å². The van der Waals surface area contributed by atoms with Crippen LogP contribution in [-0.4, -0.2) is 30.8 Å². The van der Waals surface area contributed by atoms with Gasteiger partial charge < -0.3 is 4.79 Å². The number of hydrogen-bond acceptors (Lipinski definition) is 3. The van der Waals surface area contributed by atoms with Crippen LogP contribution in [0.4, 0.5) is 0 Å². The van der Waals surface area contributed by atoms with Crippen LogP contribution in [0.1, 0.15) is 37.7 Å². The van der Waals surface area contributed by atoms with E-state index in [1.807, 2.05) is 19.6 Å². The number of carbonyl (C=O) groups excluding carboxylic acids is 1. The van der Waals surface area contributed by atoms with Crippen molar-refractivity contribution in [2.75, 3.05) is 13.6 Å². The summed E-state index contributed by atoms with van der Waals surface area (Å²) >= 11 is 0. The fourth-order valence-electron chi connectivity index (χ4n) is 3.45. The van der Waals surface area contributed by atoms with Crippen molar-refractivity contribution in [3.05, 3.63) is 54.2 Å². The lowest BCUT2D eigenvalue weighted by Crippen LogP contribution is -2.53. The molecule has 0 spiro atoms. The van der Waals surface area contributed by atoms with Gasteiger partial charge in [0, 0.05) is 19.0 Å². The summed E-state index contributed by atoms with van der Waals surface area (Å²) in [7, 11) is 1.98. The lowest BCUT2D eigenvalue weighted by Gasteiger charge is -2.31. The van der Waals surface area contributed by atoms with Crippen molar-refractivity contribution in [1.82, 2.24) is 5.43 Å². The standard InChI is InChI=1S/C21H26N3O/c1-22-24(13-7-3-2-4-8-14-25)17-23-16-21(24)20-12-11-18-9-5-6-10-19(18)15-20/h5-6,9-12,14-17,22H,2-4,7-8,13H2,1H3/q+1. The second-order valence-corrected chi connectivity index (χ2v) is 6.53. The van der Waals surface area contributed by atoms with E-state index in [9.17, 15) is 4.79 Å². The first kappa shape index (κ1) is 17.5. The molecule has 2 aromatic carbocycles. The average molecular weight is 336 g/mol. The fraction of sp³-hybridized carbons (Fsp3) is 0.333. The largest absolute Gasteiger partial charge is 0.303 e. The minimum atomic E-state index is 0.575. The Labute approximate surface area is 149 Å².